The molecule has 0 aromatic heterocycles. The SMILES string of the molecule is O=C(c1ccccc1Nc1ccccc1)N1CCO[C@@H](c2ccccc2)C1. The van der Waals surface area contributed by atoms with Gasteiger partial charge in [-0.1, -0.05) is 60.7 Å². The van der Waals surface area contributed by atoms with E-state index in [1.54, 1.807) is 0 Å². The predicted octanol–water partition coefficient (Wildman–Crippen LogP) is 4.64. The molecule has 0 radical (unpaired) electrons. The van der Waals surface area contributed by atoms with Gasteiger partial charge in [-0.15, -0.1) is 0 Å². The summed E-state index contributed by atoms with van der Waals surface area (Å²) in [5, 5.41) is 3.36. The van der Waals surface area contributed by atoms with Gasteiger partial charge in [0.05, 0.1) is 24.4 Å². The number of benzene rings is 3. The van der Waals surface area contributed by atoms with Crippen LogP contribution in [0.1, 0.15) is 22.0 Å². The number of hydrogen-bond acceptors (Lipinski definition) is 3. The number of nitrogens with one attached hydrogen (secondary N) is 1. The van der Waals surface area contributed by atoms with Crippen LogP contribution in [0.25, 0.3) is 0 Å². The average molecular weight is 358 g/mol. The Labute approximate surface area is 159 Å². The summed E-state index contributed by atoms with van der Waals surface area (Å²) < 4.78 is 5.90. The van der Waals surface area contributed by atoms with Crippen molar-refractivity contribution in [3.05, 3.63) is 96.1 Å². The number of para-hydroxylation sites is 2. The van der Waals surface area contributed by atoms with Gasteiger partial charge in [-0.2, -0.15) is 0 Å². The molecule has 27 heavy (non-hydrogen) atoms. The zero-order valence-corrected chi connectivity index (χ0v) is 15.0. The molecule has 0 bridgehead atoms. The molecule has 1 aliphatic heterocycles. The fourth-order valence-corrected chi connectivity index (χ4v) is 3.33. The Balaban J connectivity index is 1.54. The number of ether oxygens (including phenoxy) is 1. The zero-order chi connectivity index (χ0) is 18.5. The van der Waals surface area contributed by atoms with E-state index in [0.717, 1.165) is 16.9 Å². The quantitative estimate of drug-likeness (QED) is 0.738. The highest BCUT2D eigenvalue weighted by Gasteiger charge is 2.27. The Morgan fingerprint density at radius 3 is 2.33 bits per heavy atom. The summed E-state index contributed by atoms with van der Waals surface area (Å²) in [7, 11) is 0. The molecule has 1 fully saturated rings. The number of nitrogens with zero attached hydrogens (tertiary/aromatic N) is 1. The number of carbonyl (C=O) groups excluding carboxylic acids is 1. The van der Waals surface area contributed by atoms with Crippen molar-refractivity contribution in [3.63, 3.8) is 0 Å². The van der Waals surface area contributed by atoms with E-state index in [2.05, 4.69) is 5.32 Å². The van der Waals surface area contributed by atoms with Gasteiger partial charge in [-0.25, -0.2) is 0 Å². The maximum absolute atomic E-state index is 13.2. The summed E-state index contributed by atoms with van der Waals surface area (Å²) in [6.45, 7) is 1.70. The highest BCUT2D eigenvalue weighted by molar-refractivity contribution is 6.00. The van der Waals surface area contributed by atoms with Crippen LogP contribution in [0.4, 0.5) is 11.4 Å². The van der Waals surface area contributed by atoms with Gasteiger partial charge >= 0.3 is 0 Å². The lowest BCUT2D eigenvalue weighted by Crippen LogP contribution is -2.42. The van der Waals surface area contributed by atoms with E-state index in [1.165, 1.54) is 0 Å². The van der Waals surface area contributed by atoms with Crippen molar-refractivity contribution in [2.45, 2.75) is 6.10 Å². The zero-order valence-electron chi connectivity index (χ0n) is 15.0. The molecule has 0 aliphatic carbocycles. The molecule has 1 heterocycles. The summed E-state index contributed by atoms with van der Waals surface area (Å²) in [4.78, 5) is 15.1. The van der Waals surface area contributed by atoms with Gasteiger partial charge in [-0.05, 0) is 29.8 Å². The number of morpholine rings is 1. The first-order valence-corrected chi connectivity index (χ1v) is 9.18. The Morgan fingerprint density at radius 1 is 0.889 bits per heavy atom. The van der Waals surface area contributed by atoms with E-state index in [1.807, 2.05) is 89.8 Å². The molecular formula is C23H22N2O2. The summed E-state index contributed by atoms with van der Waals surface area (Å²) in [5.74, 6) is 0.0262. The summed E-state index contributed by atoms with van der Waals surface area (Å²) in [6, 6.07) is 27.6. The molecule has 4 heteroatoms. The molecule has 0 spiro atoms. The third-order valence-corrected chi connectivity index (χ3v) is 4.74. The number of rotatable bonds is 4. The second-order valence-electron chi connectivity index (χ2n) is 6.56. The molecule has 3 aromatic rings. The van der Waals surface area contributed by atoms with Crippen molar-refractivity contribution in [1.29, 1.82) is 0 Å². The molecule has 1 N–H and O–H groups in total. The number of amides is 1. The van der Waals surface area contributed by atoms with Gasteiger partial charge in [0.25, 0.3) is 5.91 Å². The highest BCUT2D eigenvalue weighted by Crippen LogP contribution is 2.26. The average Bonchev–Trinajstić information content (AvgIpc) is 2.75. The minimum atomic E-state index is -0.0851. The third kappa shape index (κ3) is 4.01. The fourth-order valence-electron chi connectivity index (χ4n) is 3.33. The van der Waals surface area contributed by atoms with E-state index in [-0.39, 0.29) is 12.0 Å². The van der Waals surface area contributed by atoms with Gasteiger partial charge in [0.2, 0.25) is 0 Å². The van der Waals surface area contributed by atoms with Crippen LogP contribution in [0.2, 0.25) is 0 Å². The Bertz CT molecular complexity index is 897. The minimum Gasteiger partial charge on any atom is -0.370 e. The number of anilines is 2. The Hall–Kier alpha value is -3.11. The standard InChI is InChI=1S/C23H22N2O2/c26-23(25-15-16-27-22(17-25)18-9-3-1-4-10-18)20-13-7-8-14-21(20)24-19-11-5-2-6-12-19/h1-14,22,24H,15-17H2/t22-/m1/s1. The van der Waals surface area contributed by atoms with Gasteiger partial charge in [0.15, 0.2) is 0 Å². The maximum atomic E-state index is 13.2. The van der Waals surface area contributed by atoms with Gasteiger partial charge in [0.1, 0.15) is 6.10 Å². The molecule has 1 aliphatic rings. The van der Waals surface area contributed by atoms with Crippen molar-refractivity contribution in [2.75, 3.05) is 25.0 Å². The third-order valence-electron chi connectivity index (χ3n) is 4.74. The Kier molecular flexibility index (Phi) is 5.17. The first-order valence-electron chi connectivity index (χ1n) is 9.18. The van der Waals surface area contributed by atoms with Crippen molar-refractivity contribution >= 4 is 17.3 Å². The van der Waals surface area contributed by atoms with Gasteiger partial charge < -0.3 is 15.0 Å². The molecule has 3 aromatic carbocycles. The lowest BCUT2D eigenvalue weighted by Gasteiger charge is -2.33. The highest BCUT2D eigenvalue weighted by atomic mass is 16.5. The lowest BCUT2D eigenvalue weighted by atomic mass is 10.1. The van der Waals surface area contributed by atoms with Crippen LogP contribution in [0.3, 0.4) is 0 Å². The first kappa shape index (κ1) is 17.3. The van der Waals surface area contributed by atoms with Crippen LogP contribution in [-0.4, -0.2) is 30.5 Å². The van der Waals surface area contributed by atoms with Crippen LogP contribution < -0.4 is 5.32 Å². The minimum absolute atomic E-state index is 0.0262. The monoisotopic (exact) mass is 358 g/mol. The van der Waals surface area contributed by atoms with Crippen molar-refractivity contribution < 1.29 is 9.53 Å². The largest absolute Gasteiger partial charge is 0.370 e. The molecule has 1 atom stereocenters. The van der Waals surface area contributed by atoms with Crippen molar-refractivity contribution in [3.8, 4) is 0 Å². The lowest BCUT2D eigenvalue weighted by molar-refractivity contribution is -0.0227. The summed E-state index contributed by atoms with van der Waals surface area (Å²) in [5.41, 5.74) is 3.55. The van der Waals surface area contributed by atoms with Gasteiger partial charge in [-0.3, -0.25) is 4.79 Å². The number of carbonyl (C=O) groups is 1. The Morgan fingerprint density at radius 2 is 1.56 bits per heavy atom. The molecular weight excluding hydrogens is 336 g/mol. The molecule has 4 nitrogen and oxygen atoms in total. The van der Waals surface area contributed by atoms with Crippen LogP contribution in [0.5, 0.6) is 0 Å². The van der Waals surface area contributed by atoms with Crippen LogP contribution in [-0.2, 0) is 4.74 Å². The van der Waals surface area contributed by atoms with E-state index in [9.17, 15) is 4.79 Å². The first-order chi connectivity index (χ1) is 13.3. The predicted molar refractivity (Wildman–Crippen MR) is 107 cm³/mol. The fraction of sp³-hybridized carbons (Fsp3) is 0.174. The maximum Gasteiger partial charge on any atom is 0.256 e. The molecule has 1 saturated heterocycles. The van der Waals surface area contributed by atoms with Crippen LogP contribution in [0, 0.1) is 0 Å². The normalized spacial score (nSPS) is 16.7. The number of hydrogen-bond donors (Lipinski definition) is 1. The van der Waals surface area contributed by atoms with E-state index >= 15 is 0 Å². The smallest absolute Gasteiger partial charge is 0.256 e. The molecule has 136 valence electrons. The second kappa shape index (κ2) is 8.06. The second-order valence-corrected chi connectivity index (χ2v) is 6.56. The van der Waals surface area contributed by atoms with Crippen LogP contribution >= 0.6 is 0 Å². The van der Waals surface area contributed by atoms with Crippen LogP contribution in [0.15, 0.2) is 84.9 Å². The van der Waals surface area contributed by atoms with E-state index in [4.69, 9.17) is 4.74 Å². The van der Waals surface area contributed by atoms with Crippen molar-refractivity contribution in [1.82, 2.24) is 4.90 Å². The molecule has 1 amide bonds. The molecule has 0 unspecified atom stereocenters. The van der Waals surface area contributed by atoms with E-state index < -0.39 is 0 Å². The van der Waals surface area contributed by atoms with E-state index in [0.29, 0.717) is 25.3 Å². The topological polar surface area (TPSA) is 41.6 Å². The summed E-state index contributed by atoms with van der Waals surface area (Å²) in [6.07, 6.45) is -0.0851. The molecule has 0 saturated carbocycles. The van der Waals surface area contributed by atoms with Gasteiger partial charge in [0, 0.05) is 12.2 Å². The summed E-state index contributed by atoms with van der Waals surface area (Å²) >= 11 is 0. The van der Waals surface area contributed by atoms with Crippen molar-refractivity contribution in [2.24, 2.45) is 0 Å². The molecule has 4 rings (SSSR count).